The molecule has 0 N–H and O–H groups in total. The number of ether oxygens (including phenoxy) is 20. The van der Waals surface area contributed by atoms with Crippen LogP contribution in [0.1, 0.15) is 40.5 Å². The van der Waals surface area contributed by atoms with Crippen molar-refractivity contribution in [1.82, 2.24) is 0 Å². The summed E-state index contributed by atoms with van der Waals surface area (Å²) in [4.78, 5) is 11.6. The van der Waals surface area contributed by atoms with Gasteiger partial charge in [-0.1, -0.05) is 6.92 Å². The summed E-state index contributed by atoms with van der Waals surface area (Å²) in [5, 5.41) is 0. The van der Waals surface area contributed by atoms with Crippen molar-refractivity contribution in [2.75, 3.05) is 251 Å². The maximum atomic E-state index is 11.6. The van der Waals surface area contributed by atoms with Crippen molar-refractivity contribution >= 4 is 5.97 Å². The molecule has 0 aromatic rings. The summed E-state index contributed by atoms with van der Waals surface area (Å²) in [6.07, 6.45) is 1.24. The van der Waals surface area contributed by atoms with E-state index in [0.717, 1.165) is 13.0 Å². The second-order valence-electron chi connectivity index (χ2n) is 15.0. The predicted octanol–water partition coefficient (Wildman–Crippen LogP) is 2.44. The minimum atomic E-state index is -0.480. The van der Waals surface area contributed by atoms with Crippen molar-refractivity contribution in [3.63, 3.8) is 0 Å². The Morgan fingerprint density at radius 2 is 0.373 bits per heavy atom. The number of carbonyl (C=O) groups excluding carboxylic acids is 1. The SMILES string of the molecule is CCCOCCOCCOCCOCCOCCOCCOCCOCCOCCOCCOCCOCCOCCOCCOCCOCCOCCOCCOCCC(=O)OC(C)(C)C. The number of hydrogen-bond acceptors (Lipinski definition) is 21. The maximum absolute atomic E-state index is 11.6. The molecule has 0 amide bonds. The molecule has 0 saturated heterocycles. The van der Waals surface area contributed by atoms with E-state index in [1.165, 1.54) is 0 Å². The van der Waals surface area contributed by atoms with Crippen molar-refractivity contribution in [1.29, 1.82) is 0 Å². The van der Waals surface area contributed by atoms with Crippen molar-refractivity contribution in [2.24, 2.45) is 0 Å². The number of hydrogen-bond donors (Lipinski definition) is 0. The van der Waals surface area contributed by atoms with Gasteiger partial charge in [0.25, 0.3) is 0 Å². The lowest BCUT2D eigenvalue weighted by molar-refractivity contribution is -0.156. The molecule has 0 aromatic carbocycles. The molecule has 0 saturated carbocycles. The largest absolute Gasteiger partial charge is 0.460 e. The summed E-state index contributed by atoms with van der Waals surface area (Å²) < 4.78 is 109. The highest BCUT2D eigenvalue weighted by atomic mass is 16.6. The zero-order valence-corrected chi connectivity index (χ0v) is 41.9. The first-order chi connectivity index (χ1) is 33.0. The van der Waals surface area contributed by atoms with Gasteiger partial charge in [-0.3, -0.25) is 4.79 Å². The highest BCUT2D eigenvalue weighted by Crippen LogP contribution is 2.08. The van der Waals surface area contributed by atoms with Crippen LogP contribution in [0.4, 0.5) is 0 Å². The molecule has 21 nitrogen and oxygen atoms in total. The first kappa shape index (κ1) is 65.7. The van der Waals surface area contributed by atoms with E-state index in [1.807, 2.05) is 20.8 Å². The van der Waals surface area contributed by atoms with Crippen molar-refractivity contribution in [3.05, 3.63) is 0 Å². The Balaban J connectivity index is 3.09. The third kappa shape index (κ3) is 62.7. The van der Waals surface area contributed by atoms with Gasteiger partial charge in [-0.05, 0) is 27.2 Å². The number of carbonyl (C=O) groups is 1. The van der Waals surface area contributed by atoms with Gasteiger partial charge in [0, 0.05) is 6.61 Å². The second-order valence-corrected chi connectivity index (χ2v) is 15.0. The van der Waals surface area contributed by atoms with Crippen LogP contribution >= 0.6 is 0 Å². The first-order valence-electron chi connectivity index (χ1n) is 24.1. The normalized spacial score (nSPS) is 11.9. The molecule has 0 aliphatic rings. The Morgan fingerprint density at radius 1 is 0.239 bits per heavy atom. The van der Waals surface area contributed by atoms with Gasteiger partial charge in [0.1, 0.15) is 5.60 Å². The van der Waals surface area contributed by atoms with E-state index in [9.17, 15) is 4.79 Å². The molecule has 0 fully saturated rings. The van der Waals surface area contributed by atoms with Crippen LogP contribution in [0.3, 0.4) is 0 Å². The third-order valence-electron chi connectivity index (χ3n) is 7.92. The maximum Gasteiger partial charge on any atom is 0.308 e. The molecule has 0 heterocycles. The smallest absolute Gasteiger partial charge is 0.308 e. The van der Waals surface area contributed by atoms with Gasteiger partial charge in [-0.25, -0.2) is 0 Å². The van der Waals surface area contributed by atoms with Crippen LogP contribution in [0.2, 0.25) is 0 Å². The molecular formula is C46H92O21. The van der Waals surface area contributed by atoms with Crippen LogP contribution in [0.5, 0.6) is 0 Å². The Kier molecular flexibility index (Phi) is 56.2. The first-order valence-corrected chi connectivity index (χ1v) is 24.1. The van der Waals surface area contributed by atoms with Crippen molar-refractivity contribution in [2.45, 2.75) is 46.1 Å². The van der Waals surface area contributed by atoms with E-state index in [0.29, 0.717) is 244 Å². The minimum absolute atomic E-state index is 0.226. The fourth-order valence-corrected chi connectivity index (χ4v) is 4.75. The van der Waals surface area contributed by atoms with E-state index < -0.39 is 5.60 Å². The van der Waals surface area contributed by atoms with Gasteiger partial charge in [-0.15, -0.1) is 0 Å². The highest BCUT2D eigenvalue weighted by molar-refractivity contribution is 5.69. The van der Waals surface area contributed by atoms with Gasteiger partial charge < -0.3 is 94.7 Å². The van der Waals surface area contributed by atoms with Gasteiger partial charge in [0.15, 0.2) is 0 Å². The van der Waals surface area contributed by atoms with Crippen molar-refractivity contribution < 1.29 is 99.5 Å². The molecule has 21 heteroatoms. The van der Waals surface area contributed by atoms with Gasteiger partial charge in [0.2, 0.25) is 0 Å². The molecule has 67 heavy (non-hydrogen) atoms. The zero-order valence-electron chi connectivity index (χ0n) is 41.9. The summed E-state index contributed by atoms with van der Waals surface area (Å²) >= 11 is 0. The average Bonchev–Trinajstić information content (AvgIpc) is 3.30. The summed E-state index contributed by atoms with van der Waals surface area (Å²) in [7, 11) is 0. The Labute approximate surface area is 402 Å². The minimum Gasteiger partial charge on any atom is -0.460 e. The fourth-order valence-electron chi connectivity index (χ4n) is 4.75. The average molecular weight is 981 g/mol. The molecular weight excluding hydrogens is 888 g/mol. The second kappa shape index (κ2) is 57.3. The summed E-state index contributed by atoms with van der Waals surface area (Å²) in [5.74, 6) is -0.269. The Morgan fingerprint density at radius 3 is 0.507 bits per heavy atom. The van der Waals surface area contributed by atoms with E-state index in [2.05, 4.69) is 6.92 Å². The molecule has 0 unspecified atom stereocenters. The molecule has 0 aliphatic heterocycles. The van der Waals surface area contributed by atoms with E-state index in [4.69, 9.17) is 94.7 Å². The third-order valence-corrected chi connectivity index (χ3v) is 7.92. The van der Waals surface area contributed by atoms with Crippen molar-refractivity contribution in [3.8, 4) is 0 Å². The standard InChI is InChI=1S/C46H92O21/c1-5-7-48-9-11-50-13-15-52-17-19-54-21-23-56-25-27-58-29-31-60-33-35-62-37-39-64-41-43-66-44-42-65-40-38-63-36-34-61-32-30-59-28-26-57-24-22-55-20-18-53-16-14-51-12-10-49-8-6-45(47)67-46(2,3)4/h5-44H2,1-4H3. The highest BCUT2D eigenvalue weighted by Gasteiger charge is 2.15. The van der Waals surface area contributed by atoms with Gasteiger partial charge >= 0.3 is 5.97 Å². The zero-order chi connectivity index (χ0) is 48.5. The van der Waals surface area contributed by atoms with Crippen LogP contribution in [-0.4, -0.2) is 263 Å². The summed E-state index contributed by atoms with van der Waals surface area (Å²) in [6.45, 7) is 26.6. The Hall–Kier alpha value is -1.29. The fraction of sp³-hybridized carbons (Fsp3) is 0.978. The molecule has 0 aliphatic carbocycles. The van der Waals surface area contributed by atoms with Crippen LogP contribution in [0.15, 0.2) is 0 Å². The molecule has 0 atom stereocenters. The van der Waals surface area contributed by atoms with E-state index in [1.54, 1.807) is 0 Å². The topological polar surface area (TPSA) is 202 Å². The number of rotatable bonds is 59. The molecule has 0 radical (unpaired) electrons. The summed E-state index contributed by atoms with van der Waals surface area (Å²) in [5.41, 5.74) is -0.480. The molecule has 0 rings (SSSR count). The van der Waals surface area contributed by atoms with Crippen LogP contribution < -0.4 is 0 Å². The number of esters is 1. The lowest BCUT2D eigenvalue weighted by atomic mass is 10.2. The van der Waals surface area contributed by atoms with E-state index >= 15 is 0 Å². The molecule has 0 bridgehead atoms. The molecule has 0 spiro atoms. The molecule has 0 aromatic heterocycles. The van der Waals surface area contributed by atoms with E-state index in [-0.39, 0.29) is 12.4 Å². The summed E-state index contributed by atoms with van der Waals surface area (Å²) in [6, 6.07) is 0. The van der Waals surface area contributed by atoms with Crippen LogP contribution in [0.25, 0.3) is 0 Å². The van der Waals surface area contributed by atoms with Gasteiger partial charge in [-0.2, -0.15) is 0 Å². The predicted molar refractivity (Wildman–Crippen MR) is 246 cm³/mol. The van der Waals surface area contributed by atoms with Crippen LogP contribution in [-0.2, 0) is 99.5 Å². The lowest BCUT2D eigenvalue weighted by Gasteiger charge is -2.19. The van der Waals surface area contributed by atoms with Gasteiger partial charge in [0.05, 0.1) is 251 Å². The Bertz CT molecular complexity index is 935. The molecule has 402 valence electrons. The quantitative estimate of drug-likeness (QED) is 0.0635. The lowest BCUT2D eigenvalue weighted by Crippen LogP contribution is -2.24. The monoisotopic (exact) mass is 981 g/mol. The van der Waals surface area contributed by atoms with Crippen LogP contribution in [0, 0.1) is 0 Å².